The Kier molecular flexibility index (Phi) is 3.93. The molecular weight excluding hydrogens is 278 g/mol. The second-order valence-corrected chi connectivity index (χ2v) is 4.14. The normalized spacial score (nSPS) is 10.7. The third kappa shape index (κ3) is 3.41. The zero-order chi connectivity index (χ0) is 15.4. The van der Waals surface area contributed by atoms with Crippen LogP contribution in [-0.2, 0) is 0 Å². The van der Waals surface area contributed by atoms with Gasteiger partial charge in [-0.25, -0.2) is 5.43 Å². The van der Waals surface area contributed by atoms with E-state index >= 15 is 0 Å². The van der Waals surface area contributed by atoms with Gasteiger partial charge in [0.2, 0.25) is 0 Å². The first kappa shape index (κ1) is 14.2. The topological polar surface area (TPSA) is 134 Å². The SMILES string of the molecule is Cc1cc(C(=O)N/N=C/c2cc([N+](=O)[O-])ccc2O)n[nH]1. The second-order valence-electron chi connectivity index (χ2n) is 4.14. The number of hydrazone groups is 1. The molecular formula is C12H11N5O4. The molecule has 2 aromatic rings. The van der Waals surface area contributed by atoms with Crippen molar-refractivity contribution in [3.63, 3.8) is 0 Å². The number of aromatic hydroxyl groups is 1. The van der Waals surface area contributed by atoms with Gasteiger partial charge in [-0.1, -0.05) is 0 Å². The van der Waals surface area contributed by atoms with Crippen LogP contribution in [0, 0.1) is 17.0 Å². The van der Waals surface area contributed by atoms with Gasteiger partial charge in [-0.3, -0.25) is 20.0 Å². The van der Waals surface area contributed by atoms with Crippen molar-refractivity contribution in [3.05, 3.63) is 51.3 Å². The van der Waals surface area contributed by atoms with Crippen molar-refractivity contribution in [3.8, 4) is 5.75 Å². The van der Waals surface area contributed by atoms with Crippen molar-refractivity contribution in [2.75, 3.05) is 0 Å². The van der Waals surface area contributed by atoms with Gasteiger partial charge in [0.05, 0.1) is 11.1 Å². The largest absolute Gasteiger partial charge is 0.507 e. The van der Waals surface area contributed by atoms with E-state index in [2.05, 4.69) is 20.7 Å². The van der Waals surface area contributed by atoms with Gasteiger partial charge in [0.15, 0.2) is 5.69 Å². The highest BCUT2D eigenvalue weighted by molar-refractivity contribution is 5.93. The number of H-pyrrole nitrogens is 1. The highest BCUT2D eigenvalue weighted by Gasteiger charge is 2.10. The number of amides is 1. The van der Waals surface area contributed by atoms with E-state index in [0.29, 0.717) is 0 Å². The molecule has 1 aromatic carbocycles. The van der Waals surface area contributed by atoms with Crippen LogP contribution in [0.15, 0.2) is 29.4 Å². The van der Waals surface area contributed by atoms with E-state index in [1.807, 2.05) is 0 Å². The van der Waals surface area contributed by atoms with E-state index in [1.165, 1.54) is 12.1 Å². The van der Waals surface area contributed by atoms with Gasteiger partial charge in [-0.2, -0.15) is 10.2 Å². The van der Waals surface area contributed by atoms with Crippen molar-refractivity contribution in [1.82, 2.24) is 15.6 Å². The lowest BCUT2D eigenvalue weighted by atomic mass is 10.2. The summed E-state index contributed by atoms with van der Waals surface area (Å²) in [5.41, 5.74) is 3.01. The number of hydrogen-bond donors (Lipinski definition) is 3. The summed E-state index contributed by atoms with van der Waals surface area (Å²) in [5.74, 6) is -0.727. The number of phenolic OH excluding ortho intramolecular Hbond substituents is 1. The molecule has 1 amide bonds. The first-order valence-corrected chi connectivity index (χ1v) is 5.80. The van der Waals surface area contributed by atoms with Crippen molar-refractivity contribution in [2.24, 2.45) is 5.10 Å². The van der Waals surface area contributed by atoms with Crippen LogP contribution in [0.5, 0.6) is 5.75 Å². The van der Waals surface area contributed by atoms with E-state index < -0.39 is 10.8 Å². The molecule has 2 rings (SSSR count). The average molecular weight is 289 g/mol. The lowest BCUT2D eigenvalue weighted by Gasteiger charge is -1.99. The molecule has 3 N–H and O–H groups in total. The summed E-state index contributed by atoms with van der Waals surface area (Å²) in [6.45, 7) is 1.74. The number of nitro groups is 1. The number of carbonyl (C=O) groups is 1. The molecule has 0 fully saturated rings. The molecule has 9 nitrogen and oxygen atoms in total. The molecule has 0 saturated carbocycles. The average Bonchev–Trinajstić information content (AvgIpc) is 2.87. The Bertz CT molecular complexity index is 722. The van der Waals surface area contributed by atoms with Gasteiger partial charge < -0.3 is 5.11 Å². The molecule has 108 valence electrons. The van der Waals surface area contributed by atoms with Gasteiger partial charge in [0.1, 0.15) is 5.75 Å². The molecule has 0 bridgehead atoms. The molecule has 0 spiro atoms. The van der Waals surface area contributed by atoms with E-state index in [9.17, 15) is 20.0 Å². The number of aromatic amines is 1. The number of hydrogen-bond acceptors (Lipinski definition) is 6. The summed E-state index contributed by atoms with van der Waals surface area (Å²) in [5, 5.41) is 30.2. The number of phenols is 1. The fourth-order valence-corrected chi connectivity index (χ4v) is 1.51. The monoisotopic (exact) mass is 289 g/mol. The maximum Gasteiger partial charge on any atom is 0.291 e. The fraction of sp³-hybridized carbons (Fsp3) is 0.0833. The smallest absolute Gasteiger partial charge is 0.291 e. The summed E-state index contributed by atoms with van der Waals surface area (Å²) in [6.07, 6.45) is 1.11. The quantitative estimate of drug-likeness (QED) is 0.440. The van der Waals surface area contributed by atoms with Gasteiger partial charge in [0.25, 0.3) is 11.6 Å². The Labute approximate surface area is 118 Å². The van der Waals surface area contributed by atoms with Gasteiger partial charge in [0, 0.05) is 23.4 Å². The number of carbonyl (C=O) groups excluding carboxylic acids is 1. The predicted molar refractivity (Wildman–Crippen MR) is 73.1 cm³/mol. The molecule has 0 saturated heterocycles. The molecule has 0 aliphatic rings. The van der Waals surface area contributed by atoms with Gasteiger partial charge in [-0.05, 0) is 19.1 Å². The third-order valence-corrected chi connectivity index (χ3v) is 2.53. The fourth-order valence-electron chi connectivity index (χ4n) is 1.51. The maximum atomic E-state index is 11.6. The Morgan fingerprint density at radius 2 is 2.29 bits per heavy atom. The van der Waals surface area contributed by atoms with Crippen LogP contribution in [0.1, 0.15) is 21.7 Å². The van der Waals surface area contributed by atoms with Crippen LogP contribution in [-0.4, -0.2) is 32.3 Å². The van der Waals surface area contributed by atoms with Crippen LogP contribution in [0.3, 0.4) is 0 Å². The minimum Gasteiger partial charge on any atom is -0.507 e. The second kappa shape index (κ2) is 5.82. The van der Waals surface area contributed by atoms with E-state index in [-0.39, 0.29) is 22.7 Å². The van der Waals surface area contributed by atoms with E-state index in [4.69, 9.17) is 0 Å². The number of nitro benzene ring substituents is 1. The molecule has 1 aromatic heterocycles. The molecule has 1 heterocycles. The zero-order valence-corrected chi connectivity index (χ0v) is 10.9. The number of aromatic nitrogens is 2. The van der Waals surface area contributed by atoms with E-state index in [0.717, 1.165) is 24.0 Å². The Morgan fingerprint density at radius 1 is 1.52 bits per heavy atom. The summed E-state index contributed by atoms with van der Waals surface area (Å²) in [6, 6.07) is 5.02. The van der Waals surface area contributed by atoms with Crippen molar-refractivity contribution in [1.29, 1.82) is 0 Å². The summed E-state index contributed by atoms with van der Waals surface area (Å²) < 4.78 is 0. The minimum atomic E-state index is -0.595. The zero-order valence-electron chi connectivity index (χ0n) is 10.9. The Hall–Kier alpha value is -3.23. The van der Waals surface area contributed by atoms with Crippen molar-refractivity contribution < 1.29 is 14.8 Å². The molecule has 0 aliphatic carbocycles. The van der Waals surface area contributed by atoms with E-state index in [1.54, 1.807) is 6.92 Å². The van der Waals surface area contributed by atoms with Gasteiger partial charge in [-0.15, -0.1) is 0 Å². The number of benzene rings is 1. The van der Waals surface area contributed by atoms with Crippen molar-refractivity contribution >= 4 is 17.8 Å². The Balaban J connectivity index is 2.09. The highest BCUT2D eigenvalue weighted by atomic mass is 16.6. The lowest BCUT2D eigenvalue weighted by Crippen LogP contribution is -2.18. The number of nitrogens with zero attached hydrogens (tertiary/aromatic N) is 3. The van der Waals surface area contributed by atoms with Crippen LogP contribution >= 0.6 is 0 Å². The summed E-state index contributed by atoms with van der Waals surface area (Å²) in [4.78, 5) is 21.7. The van der Waals surface area contributed by atoms with Crippen LogP contribution in [0.2, 0.25) is 0 Å². The molecule has 9 heteroatoms. The number of nitrogens with one attached hydrogen (secondary N) is 2. The summed E-state index contributed by atoms with van der Waals surface area (Å²) in [7, 11) is 0. The van der Waals surface area contributed by atoms with Crippen LogP contribution in [0.25, 0.3) is 0 Å². The third-order valence-electron chi connectivity index (χ3n) is 2.53. The molecule has 0 atom stereocenters. The molecule has 0 radical (unpaired) electrons. The summed E-state index contributed by atoms with van der Waals surface area (Å²) >= 11 is 0. The van der Waals surface area contributed by atoms with Gasteiger partial charge >= 0.3 is 0 Å². The first-order valence-electron chi connectivity index (χ1n) is 5.80. The lowest BCUT2D eigenvalue weighted by molar-refractivity contribution is -0.384. The number of non-ortho nitro benzene ring substituents is 1. The minimum absolute atomic E-state index is 0.114. The number of rotatable bonds is 4. The molecule has 21 heavy (non-hydrogen) atoms. The number of aryl methyl sites for hydroxylation is 1. The maximum absolute atomic E-state index is 11.6. The Morgan fingerprint density at radius 3 is 2.90 bits per heavy atom. The predicted octanol–water partition coefficient (Wildman–Crippen LogP) is 1.10. The van der Waals surface area contributed by atoms with Crippen molar-refractivity contribution in [2.45, 2.75) is 6.92 Å². The highest BCUT2D eigenvalue weighted by Crippen LogP contribution is 2.21. The van der Waals surface area contributed by atoms with Crippen LogP contribution in [0.4, 0.5) is 5.69 Å². The molecule has 0 aliphatic heterocycles. The standard InChI is InChI=1S/C12H11N5O4/c1-7-4-10(15-14-7)12(19)16-13-6-8-5-9(17(20)21)2-3-11(8)18/h2-6,18H,1H3,(H,14,15)(H,16,19)/b13-6+. The van der Waals surface area contributed by atoms with Crippen LogP contribution < -0.4 is 5.43 Å². The first-order chi connectivity index (χ1) is 9.97. The molecule has 0 unspecified atom stereocenters.